The van der Waals surface area contributed by atoms with Crippen molar-refractivity contribution in [3.63, 3.8) is 0 Å². The number of allylic oxidation sites excluding steroid dienone is 8. The first kappa shape index (κ1) is 18.5. The van der Waals surface area contributed by atoms with Gasteiger partial charge in [-0.3, -0.25) is 0 Å². The molecule has 0 aromatic heterocycles. The molecule has 0 heterocycles. The molecule has 1 aliphatic rings. The number of rotatable bonds is 4. The third kappa shape index (κ3) is 3.37. The Morgan fingerprint density at radius 3 is 1.28 bits per heavy atom. The predicted molar refractivity (Wildman–Crippen MR) is 119 cm³/mol. The Kier molecular flexibility index (Phi) is 5.36. The summed E-state index contributed by atoms with van der Waals surface area (Å²) in [5, 5.41) is 10.5. The third-order valence-electron chi connectivity index (χ3n) is 5.28. The van der Waals surface area contributed by atoms with Crippen LogP contribution >= 0.6 is 0 Å². The predicted octanol–water partition coefficient (Wildman–Crippen LogP) is 6.52. The molecule has 1 heteroatoms. The summed E-state index contributed by atoms with van der Waals surface area (Å²) in [6, 6.07) is 33.5. The smallest absolute Gasteiger partial charge is 0.0970 e. The maximum Gasteiger partial charge on any atom is 0.0970 e. The molecule has 0 N–H and O–H groups in total. The molecule has 0 unspecified atom stereocenters. The van der Waals surface area contributed by atoms with Crippen LogP contribution in [0.25, 0.3) is 0 Å². The van der Waals surface area contributed by atoms with E-state index in [1.54, 1.807) is 0 Å². The van der Waals surface area contributed by atoms with E-state index in [9.17, 15) is 5.26 Å². The fourth-order valence-corrected chi connectivity index (χ4v) is 4.03. The highest BCUT2D eigenvalue weighted by Gasteiger charge is 2.41. The normalized spacial score (nSPS) is 13.0. The minimum atomic E-state index is -0.715. The topological polar surface area (TPSA) is 23.8 Å². The molecule has 29 heavy (non-hydrogen) atoms. The molecule has 1 aliphatic carbocycles. The van der Waals surface area contributed by atoms with Gasteiger partial charge >= 0.3 is 0 Å². The summed E-state index contributed by atoms with van der Waals surface area (Å²) in [5.41, 5.74) is 4.11. The Balaban J connectivity index is 2.17. The Bertz CT molecular complexity index is 1010. The maximum atomic E-state index is 10.5. The Hall–Kier alpha value is -3.89. The van der Waals surface area contributed by atoms with Crippen LogP contribution in [0.3, 0.4) is 0 Å². The van der Waals surface area contributed by atoms with E-state index in [0.717, 1.165) is 22.3 Å². The first-order valence-electron chi connectivity index (χ1n) is 9.70. The van der Waals surface area contributed by atoms with E-state index in [1.165, 1.54) is 0 Å². The first-order valence-corrected chi connectivity index (χ1v) is 9.70. The summed E-state index contributed by atoms with van der Waals surface area (Å²) in [7, 11) is 0. The lowest BCUT2D eigenvalue weighted by molar-refractivity contribution is 0.743. The Labute approximate surface area is 172 Å². The van der Waals surface area contributed by atoms with Crippen LogP contribution < -0.4 is 0 Å². The molecule has 0 saturated carbocycles. The summed E-state index contributed by atoms with van der Waals surface area (Å²) < 4.78 is 0. The van der Waals surface area contributed by atoms with Crippen molar-refractivity contribution in [3.05, 3.63) is 155 Å². The SMILES string of the molecule is N#CC(=C1C=CC=CC=C1)C(c1ccccc1)(c1ccccc1)c1ccccc1. The van der Waals surface area contributed by atoms with Crippen LogP contribution in [-0.2, 0) is 5.41 Å². The largest absolute Gasteiger partial charge is 0.193 e. The summed E-state index contributed by atoms with van der Waals surface area (Å²) >= 11 is 0. The zero-order valence-electron chi connectivity index (χ0n) is 16.1. The highest BCUT2D eigenvalue weighted by molar-refractivity contribution is 5.66. The molecule has 3 aromatic rings. The summed E-state index contributed by atoms with van der Waals surface area (Å²) in [6.45, 7) is 0. The van der Waals surface area contributed by atoms with Gasteiger partial charge in [-0.15, -0.1) is 0 Å². The Morgan fingerprint density at radius 1 is 0.552 bits per heavy atom. The van der Waals surface area contributed by atoms with Crippen LogP contribution in [0, 0.1) is 11.3 Å². The lowest BCUT2D eigenvalue weighted by Gasteiger charge is -2.36. The van der Waals surface area contributed by atoms with E-state index >= 15 is 0 Å². The molecule has 1 nitrogen and oxygen atoms in total. The molecule has 0 bridgehead atoms. The van der Waals surface area contributed by atoms with Gasteiger partial charge in [-0.05, 0) is 22.3 Å². The fourth-order valence-electron chi connectivity index (χ4n) is 4.03. The number of hydrogen-bond acceptors (Lipinski definition) is 1. The highest BCUT2D eigenvalue weighted by Crippen LogP contribution is 2.46. The van der Waals surface area contributed by atoms with Crippen LogP contribution in [0.2, 0.25) is 0 Å². The molecule has 0 saturated heterocycles. The van der Waals surface area contributed by atoms with Crippen molar-refractivity contribution in [2.24, 2.45) is 0 Å². The monoisotopic (exact) mass is 371 g/mol. The van der Waals surface area contributed by atoms with Crippen LogP contribution in [0.5, 0.6) is 0 Å². The van der Waals surface area contributed by atoms with E-state index in [1.807, 2.05) is 91.1 Å². The minimum absolute atomic E-state index is 0.706. The summed E-state index contributed by atoms with van der Waals surface area (Å²) in [4.78, 5) is 0. The van der Waals surface area contributed by atoms with Gasteiger partial charge < -0.3 is 0 Å². The van der Waals surface area contributed by atoms with Gasteiger partial charge in [0.15, 0.2) is 0 Å². The van der Waals surface area contributed by atoms with Crippen molar-refractivity contribution in [2.45, 2.75) is 5.41 Å². The van der Waals surface area contributed by atoms with Crippen LogP contribution in [0.4, 0.5) is 0 Å². The van der Waals surface area contributed by atoms with Gasteiger partial charge in [-0.1, -0.05) is 127 Å². The molecule has 0 radical (unpaired) electrons. The zero-order valence-corrected chi connectivity index (χ0v) is 16.1. The quantitative estimate of drug-likeness (QED) is 0.378. The second-order valence-electron chi connectivity index (χ2n) is 6.89. The molecule has 0 amide bonds. The molecule has 0 fully saturated rings. The highest BCUT2D eigenvalue weighted by atomic mass is 14.4. The van der Waals surface area contributed by atoms with Crippen molar-refractivity contribution in [1.82, 2.24) is 0 Å². The number of nitriles is 1. The fraction of sp³-hybridized carbons (Fsp3) is 0.0357. The molecule has 3 aromatic carbocycles. The van der Waals surface area contributed by atoms with Crippen molar-refractivity contribution in [2.75, 3.05) is 0 Å². The van der Waals surface area contributed by atoms with Gasteiger partial charge in [-0.2, -0.15) is 5.26 Å². The van der Waals surface area contributed by atoms with E-state index < -0.39 is 5.41 Å². The van der Waals surface area contributed by atoms with E-state index in [0.29, 0.717) is 5.57 Å². The van der Waals surface area contributed by atoms with Crippen LogP contribution in [-0.4, -0.2) is 0 Å². The lowest BCUT2D eigenvalue weighted by atomic mass is 9.64. The van der Waals surface area contributed by atoms with Gasteiger partial charge in [0.05, 0.1) is 17.1 Å². The number of hydrogen-bond donors (Lipinski definition) is 0. The second-order valence-corrected chi connectivity index (χ2v) is 6.89. The number of nitrogens with zero attached hydrogens (tertiary/aromatic N) is 1. The molecular weight excluding hydrogens is 350 g/mol. The van der Waals surface area contributed by atoms with Gasteiger partial charge in [0.2, 0.25) is 0 Å². The average molecular weight is 371 g/mol. The zero-order chi connectivity index (χ0) is 19.9. The molecule has 0 atom stereocenters. The standard InChI is InChI=1S/C28H21N/c29-22-27(23-14-6-1-2-7-15-23)28(24-16-8-3-9-17-24,25-18-10-4-11-19-25)26-20-12-5-13-21-26/h1-21H. The van der Waals surface area contributed by atoms with Crippen molar-refractivity contribution in [3.8, 4) is 6.07 Å². The molecule has 0 aliphatic heterocycles. The second kappa shape index (κ2) is 8.42. The first-order chi connectivity index (χ1) is 14.4. The van der Waals surface area contributed by atoms with Gasteiger partial charge in [0, 0.05) is 0 Å². The maximum absolute atomic E-state index is 10.5. The molecule has 0 spiro atoms. The average Bonchev–Trinajstić information content (AvgIpc) is 3.08. The molecule has 138 valence electrons. The summed E-state index contributed by atoms with van der Waals surface area (Å²) in [5.74, 6) is 0. The molecular formula is C28H21N. The van der Waals surface area contributed by atoms with Crippen LogP contribution in [0.15, 0.2) is 139 Å². The van der Waals surface area contributed by atoms with Gasteiger partial charge in [-0.25, -0.2) is 0 Å². The van der Waals surface area contributed by atoms with Crippen LogP contribution in [0.1, 0.15) is 16.7 Å². The lowest BCUT2D eigenvalue weighted by Crippen LogP contribution is -2.32. The van der Waals surface area contributed by atoms with E-state index in [2.05, 4.69) is 42.5 Å². The van der Waals surface area contributed by atoms with Gasteiger partial charge in [0.25, 0.3) is 0 Å². The summed E-state index contributed by atoms with van der Waals surface area (Å²) in [6.07, 6.45) is 12.0. The van der Waals surface area contributed by atoms with E-state index in [4.69, 9.17) is 0 Å². The number of benzene rings is 3. The molecule has 4 rings (SSSR count). The third-order valence-corrected chi connectivity index (χ3v) is 5.28. The van der Waals surface area contributed by atoms with Crippen molar-refractivity contribution < 1.29 is 0 Å². The minimum Gasteiger partial charge on any atom is -0.193 e. The Morgan fingerprint density at radius 2 is 0.931 bits per heavy atom. The van der Waals surface area contributed by atoms with Crippen molar-refractivity contribution in [1.29, 1.82) is 5.26 Å². The van der Waals surface area contributed by atoms with E-state index in [-0.39, 0.29) is 0 Å². The van der Waals surface area contributed by atoms with Gasteiger partial charge in [0.1, 0.15) is 0 Å². The van der Waals surface area contributed by atoms with Crippen molar-refractivity contribution >= 4 is 0 Å².